The fourth-order valence-electron chi connectivity index (χ4n) is 0.659. The maximum absolute atomic E-state index is 12.1. The molecule has 1 aromatic heterocycles. The normalized spacial score (nSPS) is 10.7. The average molecular weight is 239 g/mol. The Morgan fingerprint density at radius 1 is 1.58 bits per heavy atom. The van der Waals surface area contributed by atoms with Crippen LogP contribution < -0.4 is 5.73 Å². The molecule has 0 saturated carbocycles. The smallest absolute Gasteiger partial charge is 0.281 e. The van der Waals surface area contributed by atoms with Gasteiger partial charge in [0.05, 0.1) is 16.4 Å². The van der Waals surface area contributed by atoms with Crippen molar-refractivity contribution in [3.05, 3.63) is 16.4 Å². The second-order valence-corrected chi connectivity index (χ2v) is 2.85. The third-order valence-corrected chi connectivity index (χ3v) is 2.10. The van der Waals surface area contributed by atoms with Crippen LogP contribution in [0.4, 0.5) is 14.5 Å². The van der Waals surface area contributed by atoms with Crippen molar-refractivity contribution in [2.75, 3.05) is 5.73 Å². The first kappa shape index (κ1) is 9.18. The minimum Gasteiger partial charge on any atom is -0.504 e. The number of rotatable bonds is 1. The molecule has 0 atom stereocenters. The molecule has 3 nitrogen and oxygen atoms in total. The Labute approximate surface area is 75.3 Å². The van der Waals surface area contributed by atoms with Gasteiger partial charge in [0.2, 0.25) is 0 Å². The Bertz CT molecular complexity index is 306. The van der Waals surface area contributed by atoms with Gasteiger partial charge in [-0.05, 0) is 15.9 Å². The molecule has 0 unspecified atom stereocenters. The third kappa shape index (κ3) is 1.47. The van der Waals surface area contributed by atoms with Gasteiger partial charge >= 0.3 is 0 Å². The first-order chi connectivity index (χ1) is 5.54. The summed E-state index contributed by atoms with van der Waals surface area (Å²) in [6.07, 6.45) is -1.82. The molecule has 0 aromatic carbocycles. The number of halogens is 3. The number of hydrogen-bond donors (Lipinski definition) is 2. The fourth-order valence-corrected chi connectivity index (χ4v) is 1.14. The van der Waals surface area contributed by atoms with E-state index in [4.69, 9.17) is 10.8 Å². The lowest BCUT2D eigenvalue weighted by atomic mass is 10.3. The maximum Gasteiger partial charge on any atom is 0.281 e. The van der Waals surface area contributed by atoms with Crippen LogP contribution in [0.3, 0.4) is 0 Å². The molecule has 0 fully saturated rings. The summed E-state index contributed by atoms with van der Waals surface area (Å²) in [6.45, 7) is 0. The predicted octanol–water partition coefficient (Wildman–Crippen LogP) is 2.07. The van der Waals surface area contributed by atoms with E-state index in [1.54, 1.807) is 0 Å². The minimum atomic E-state index is -2.71. The fraction of sp³-hybridized carbons (Fsp3) is 0.167. The summed E-state index contributed by atoms with van der Waals surface area (Å²) in [5, 5.41) is 8.94. The van der Waals surface area contributed by atoms with Gasteiger partial charge in [-0.15, -0.1) is 0 Å². The molecule has 0 spiro atoms. The molecular weight excluding hydrogens is 234 g/mol. The van der Waals surface area contributed by atoms with Gasteiger partial charge in [0.15, 0.2) is 5.75 Å². The molecule has 1 heterocycles. The number of nitrogens with zero attached hydrogens (tertiary/aromatic N) is 1. The standard InChI is InChI=1S/C6H5BrF2N2O/c7-3-4(10)2(12)1-11-5(3)6(8)9/h1,6,12H,(H2,10,11). The second kappa shape index (κ2) is 3.22. The van der Waals surface area contributed by atoms with Crippen LogP contribution in [0.1, 0.15) is 12.1 Å². The van der Waals surface area contributed by atoms with Crippen LogP contribution in [-0.2, 0) is 0 Å². The van der Waals surface area contributed by atoms with Crippen LogP contribution in [0.25, 0.3) is 0 Å². The Balaban J connectivity index is 3.27. The van der Waals surface area contributed by atoms with Crippen molar-refractivity contribution in [1.29, 1.82) is 0 Å². The molecule has 0 aliphatic rings. The number of alkyl halides is 2. The number of aromatic hydroxyl groups is 1. The van der Waals surface area contributed by atoms with E-state index in [0.717, 1.165) is 6.20 Å². The van der Waals surface area contributed by atoms with Gasteiger partial charge in [-0.1, -0.05) is 0 Å². The highest BCUT2D eigenvalue weighted by Crippen LogP contribution is 2.34. The molecule has 0 radical (unpaired) electrons. The van der Waals surface area contributed by atoms with Crippen molar-refractivity contribution >= 4 is 21.6 Å². The van der Waals surface area contributed by atoms with E-state index in [1.807, 2.05) is 0 Å². The SMILES string of the molecule is Nc1c(O)cnc(C(F)F)c1Br. The summed E-state index contributed by atoms with van der Waals surface area (Å²) >= 11 is 2.80. The lowest BCUT2D eigenvalue weighted by Gasteiger charge is -2.05. The van der Waals surface area contributed by atoms with Gasteiger partial charge in [0, 0.05) is 0 Å². The highest BCUT2D eigenvalue weighted by molar-refractivity contribution is 9.10. The molecule has 1 aromatic rings. The first-order valence-corrected chi connectivity index (χ1v) is 3.74. The summed E-state index contributed by atoms with van der Waals surface area (Å²) in [5.74, 6) is -0.314. The molecule has 12 heavy (non-hydrogen) atoms. The third-order valence-electron chi connectivity index (χ3n) is 1.27. The van der Waals surface area contributed by atoms with Crippen LogP contribution in [0.15, 0.2) is 10.7 Å². The van der Waals surface area contributed by atoms with Crippen molar-refractivity contribution in [1.82, 2.24) is 4.98 Å². The predicted molar refractivity (Wildman–Crippen MR) is 43.0 cm³/mol. The highest BCUT2D eigenvalue weighted by Gasteiger charge is 2.16. The Morgan fingerprint density at radius 3 is 2.67 bits per heavy atom. The largest absolute Gasteiger partial charge is 0.504 e. The van der Waals surface area contributed by atoms with Crippen molar-refractivity contribution < 1.29 is 13.9 Å². The van der Waals surface area contributed by atoms with Crippen molar-refractivity contribution in [2.45, 2.75) is 6.43 Å². The Hall–Kier alpha value is -0.910. The summed E-state index contributed by atoms with van der Waals surface area (Å²) in [7, 11) is 0. The van der Waals surface area contributed by atoms with E-state index in [0.29, 0.717) is 0 Å². The summed E-state index contributed by atoms with van der Waals surface area (Å²) in [4.78, 5) is 3.31. The number of anilines is 1. The molecule has 0 aliphatic heterocycles. The van der Waals surface area contributed by atoms with Gasteiger partial charge in [0.1, 0.15) is 5.69 Å². The zero-order valence-electron chi connectivity index (χ0n) is 5.76. The molecule has 0 amide bonds. The number of pyridine rings is 1. The molecule has 3 N–H and O–H groups in total. The molecule has 0 saturated heterocycles. The van der Waals surface area contributed by atoms with Crippen LogP contribution >= 0.6 is 15.9 Å². The number of aromatic nitrogens is 1. The maximum atomic E-state index is 12.1. The zero-order valence-corrected chi connectivity index (χ0v) is 7.35. The first-order valence-electron chi connectivity index (χ1n) is 2.95. The Morgan fingerprint density at radius 2 is 2.17 bits per heavy atom. The summed E-state index contributed by atoms with van der Waals surface area (Å²) in [5.41, 5.74) is 4.66. The summed E-state index contributed by atoms with van der Waals surface area (Å²) < 4.78 is 24.2. The van der Waals surface area contributed by atoms with Crippen LogP contribution in [-0.4, -0.2) is 10.1 Å². The van der Waals surface area contributed by atoms with E-state index in [1.165, 1.54) is 0 Å². The van der Waals surface area contributed by atoms with E-state index in [9.17, 15) is 8.78 Å². The number of nitrogen functional groups attached to an aromatic ring is 1. The minimum absolute atomic E-state index is 0.0579. The van der Waals surface area contributed by atoms with E-state index in [-0.39, 0.29) is 15.9 Å². The van der Waals surface area contributed by atoms with E-state index >= 15 is 0 Å². The lowest BCUT2D eigenvalue weighted by Crippen LogP contribution is -1.96. The molecule has 0 aliphatic carbocycles. The number of hydrogen-bond acceptors (Lipinski definition) is 3. The van der Waals surface area contributed by atoms with Crippen molar-refractivity contribution in [2.24, 2.45) is 0 Å². The van der Waals surface area contributed by atoms with Crippen molar-refractivity contribution in [3.8, 4) is 5.75 Å². The van der Waals surface area contributed by atoms with Crippen LogP contribution in [0.2, 0.25) is 0 Å². The average Bonchev–Trinajstić information content (AvgIpc) is 2.00. The molecule has 1 rings (SSSR count). The quantitative estimate of drug-likeness (QED) is 0.788. The van der Waals surface area contributed by atoms with Gasteiger partial charge < -0.3 is 10.8 Å². The van der Waals surface area contributed by atoms with Crippen LogP contribution in [0, 0.1) is 0 Å². The molecule has 0 bridgehead atoms. The highest BCUT2D eigenvalue weighted by atomic mass is 79.9. The Kier molecular flexibility index (Phi) is 2.46. The van der Waals surface area contributed by atoms with E-state index < -0.39 is 12.1 Å². The van der Waals surface area contributed by atoms with Crippen molar-refractivity contribution in [3.63, 3.8) is 0 Å². The molecule has 66 valence electrons. The van der Waals surface area contributed by atoms with Crippen LogP contribution in [0.5, 0.6) is 5.75 Å². The second-order valence-electron chi connectivity index (χ2n) is 2.06. The zero-order chi connectivity index (χ0) is 9.30. The molecule has 6 heteroatoms. The lowest BCUT2D eigenvalue weighted by molar-refractivity contribution is 0.145. The van der Waals surface area contributed by atoms with Gasteiger partial charge in [-0.2, -0.15) is 0 Å². The molecular formula is C6H5BrF2N2O. The van der Waals surface area contributed by atoms with Gasteiger partial charge in [-0.25, -0.2) is 8.78 Å². The van der Waals surface area contributed by atoms with Gasteiger partial charge in [-0.3, -0.25) is 4.98 Å². The monoisotopic (exact) mass is 238 g/mol. The topological polar surface area (TPSA) is 59.1 Å². The summed E-state index contributed by atoms with van der Waals surface area (Å²) in [6, 6.07) is 0. The number of nitrogens with two attached hydrogens (primary N) is 1. The van der Waals surface area contributed by atoms with E-state index in [2.05, 4.69) is 20.9 Å². The van der Waals surface area contributed by atoms with Gasteiger partial charge in [0.25, 0.3) is 6.43 Å².